The van der Waals surface area contributed by atoms with Gasteiger partial charge in [0.05, 0.1) is 21.6 Å². The second kappa shape index (κ2) is 10.5. The zero-order valence-electron chi connectivity index (χ0n) is 19.9. The van der Waals surface area contributed by atoms with Crippen LogP contribution in [0.25, 0.3) is 16.6 Å². The number of pyridine rings is 1. The van der Waals surface area contributed by atoms with Crippen molar-refractivity contribution in [2.45, 2.75) is 13.3 Å². The van der Waals surface area contributed by atoms with Gasteiger partial charge in [-0.05, 0) is 54.8 Å². The molecule has 9 heteroatoms. The molecule has 2 aromatic carbocycles. The summed E-state index contributed by atoms with van der Waals surface area (Å²) in [5.41, 5.74) is 9.30. The number of rotatable bonds is 5. The molecule has 5 rings (SSSR count). The van der Waals surface area contributed by atoms with Crippen molar-refractivity contribution in [1.29, 1.82) is 0 Å². The van der Waals surface area contributed by atoms with Gasteiger partial charge in [0.1, 0.15) is 35.0 Å². The minimum atomic E-state index is -0.222. The predicted molar refractivity (Wildman–Crippen MR) is 146 cm³/mol. The van der Waals surface area contributed by atoms with Gasteiger partial charge in [-0.3, -0.25) is 9.36 Å². The second-order valence-electron chi connectivity index (χ2n) is 8.27. The maximum Gasteiger partial charge on any atom is 0.267 e. The fourth-order valence-electron chi connectivity index (χ4n) is 3.93. The van der Waals surface area contributed by atoms with E-state index in [1.54, 1.807) is 29.0 Å². The quantitative estimate of drug-likeness (QED) is 0.343. The molecule has 5 aromatic rings. The molecule has 0 aliphatic carbocycles. The monoisotopic (exact) mass is 507 g/mol. The van der Waals surface area contributed by atoms with Gasteiger partial charge in [0.25, 0.3) is 5.56 Å². The Morgan fingerprint density at radius 1 is 1.03 bits per heavy atom. The Hall–Kier alpha value is -4.74. The van der Waals surface area contributed by atoms with E-state index in [4.69, 9.17) is 22.3 Å². The fourth-order valence-corrected chi connectivity index (χ4v) is 4.18. The summed E-state index contributed by atoms with van der Waals surface area (Å²) >= 11 is 6.36. The van der Waals surface area contributed by atoms with E-state index in [0.29, 0.717) is 57.5 Å². The highest BCUT2D eigenvalue weighted by Crippen LogP contribution is 2.21. The highest BCUT2D eigenvalue weighted by atomic mass is 35.5. The largest absolute Gasteiger partial charge is 0.382 e. The molecule has 0 fully saturated rings. The summed E-state index contributed by atoms with van der Waals surface area (Å²) < 4.78 is 1.59. The van der Waals surface area contributed by atoms with Gasteiger partial charge in [-0.2, -0.15) is 0 Å². The van der Waals surface area contributed by atoms with Crippen LogP contribution in [0.4, 0.5) is 11.6 Å². The first-order valence-electron chi connectivity index (χ1n) is 11.6. The molecular weight excluding hydrogens is 486 g/mol. The molecule has 8 nitrogen and oxygen atoms in total. The Bertz CT molecular complexity index is 1720. The number of nitrogens with two attached hydrogens (primary N) is 1. The zero-order valence-corrected chi connectivity index (χ0v) is 20.7. The molecule has 0 unspecified atom stereocenters. The summed E-state index contributed by atoms with van der Waals surface area (Å²) in [6.07, 6.45) is 3.51. The van der Waals surface area contributed by atoms with Crippen LogP contribution in [-0.4, -0.2) is 31.0 Å². The van der Waals surface area contributed by atoms with Gasteiger partial charge < -0.3 is 11.1 Å². The summed E-state index contributed by atoms with van der Waals surface area (Å²) in [5, 5.41) is 4.02. The Labute approximate surface area is 218 Å². The molecule has 0 radical (unpaired) electrons. The van der Waals surface area contributed by atoms with Crippen LogP contribution in [0.5, 0.6) is 0 Å². The van der Waals surface area contributed by atoms with E-state index in [0.717, 1.165) is 5.56 Å². The van der Waals surface area contributed by atoms with Crippen molar-refractivity contribution in [1.82, 2.24) is 24.5 Å². The lowest BCUT2D eigenvalue weighted by Gasteiger charge is -2.15. The van der Waals surface area contributed by atoms with Gasteiger partial charge >= 0.3 is 0 Å². The third kappa shape index (κ3) is 5.13. The molecule has 0 bridgehead atoms. The highest BCUT2D eigenvalue weighted by Gasteiger charge is 2.15. The highest BCUT2D eigenvalue weighted by molar-refractivity contribution is 6.35. The molecule has 0 aliphatic heterocycles. The Morgan fingerprint density at radius 3 is 2.68 bits per heavy atom. The normalized spacial score (nSPS) is 10.6. The van der Waals surface area contributed by atoms with E-state index in [-0.39, 0.29) is 11.4 Å². The van der Waals surface area contributed by atoms with Crippen molar-refractivity contribution < 1.29 is 0 Å². The van der Waals surface area contributed by atoms with Gasteiger partial charge in [-0.25, -0.2) is 19.9 Å². The molecule has 37 heavy (non-hydrogen) atoms. The number of aryl methyl sites for hydroxylation is 1. The van der Waals surface area contributed by atoms with Crippen molar-refractivity contribution in [3.63, 3.8) is 0 Å². The number of aromatic nitrogens is 5. The lowest BCUT2D eigenvalue weighted by Crippen LogP contribution is -2.25. The van der Waals surface area contributed by atoms with Crippen LogP contribution in [-0.2, 0) is 6.42 Å². The molecule has 0 saturated carbocycles. The molecule has 3 heterocycles. The van der Waals surface area contributed by atoms with E-state index >= 15 is 0 Å². The fraction of sp³-hybridized carbons (Fsp3) is 0.107. The van der Waals surface area contributed by atoms with Crippen molar-refractivity contribution in [2.24, 2.45) is 0 Å². The van der Waals surface area contributed by atoms with Crippen molar-refractivity contribution in [3.8, 4) is 17.5 Å². The number of nitrogen functional groups attached to an aromatic ring is 1. The summed E-state index contributed by atoms with van der Waals surface area (Å²) in [7, 11) is 0. The summed E-state index contributed by atoms with van der Waals surface area (Å²) in [5.74, 6) is 7.40. The third-order valence-electron chi connectivity index (χ3n) is 5.68. The molecule has 0 spiro atoms. The van der Waals surface area contributed by atoms with Crippen LogP contribution in [0.1, 0.15) is 22.6 Å². The number of para-hydroxylation sites is 1. The number of hydrogen-bond acceptors (Lipinski definition) is 7. The SMILES string of the molecule is Cc1ccnc(C#Cc2c(N)ncnc2NCCc2nc3cccc(Cl)c3c(=O)n2-c2ccccc2)c1. The minimum Gasteiger partial charge on any atom is -0.382 e. The van der Waals surface area contributed by atoms with Crippen LogP contribution >= 0.6 is 11.6 Å². The molecule has 0 saturated heterocycles. The number of hydrogen-bond donors (Lipinski definition) is 2. The van der Waals surface area contributed by atoms with E-state index in [1.807, 2.05) is 49.4 Å². The number of nitrogens with zero attached hydrogens (tertiary/aromatic N) is 5. The van der Waals surface area contributed by atoms with Crippen LogP contribution in [0.15, 0.2) is 78.0 Å². The number of fused-ring (bicyclic) bond motifs is 1. The Kier molecular flexibility index (Phi) is 6.79. The van der Waals surface area contributed by atoms with Gasteiger partial charge in [-0.15, -0.1) is 0 Å². The van der Waals surface area contributed by atoms with Crippen molar-refractivity contribution in [2.75, 3.05) is 17.6 Å². The first kappa shape index (κ1) is 24.0. The van der Waals surface area contributed by atoms with Gasteiger partial charge in [-0.1, -0.05) is 41.8 Å². The first-order valence-corrected chi connectivity index (χ1v) is 11.9. The van der Waals surface area contributed by atoms with Crippen molar-refractivity contribution in [3.05, 3.63) is 111 Å². The smallest absolute Gasteiger partial charge is 0.267 e. The Morgan fingerprint density at radius 2 is 1.86 bits per heavy atom. The molecule has 182 valence electrons. The van der Waals surface area contributed by atoms with Crippen LogP contribution in [0.2, 0.25) is 5.02 Å². The van der Waals surface area contributed by atoms with Gasteiger partial charge in [0.2, 0.25) is 0 Å². The van der Waals surface area contributed by atoms with Crippen LogP contribution in [0.3, 0.4) is 0 Å². The van der Waals surface area contributed by atoms with Crippen molar-refractivity contribution >= 4 is 34.1 Å². The summed E-state index contributed by atoms with van der Waals surface area (Å²) in [6.45, 7) is 2.39. The van der Waals surface area contributed by atoms with Gasteiger partial charge in [0, 0.05) is 19.2 Å². The molecule has 3 N–H and O–H groups in total. The maximum absolute atomic E-state index is 13.5. The number of nitrogens with one attached hydrogen (secondary N) is 1. The van der Waals surface area contributed by atoms with Crippen LogP contribution < -0.4 is 16.6 Å². The average molecular weight is 508 g/mol. The summed E-state index contributed by atoms with van der Waals surface area (Å²) in [6, 6.07) is 18.4. The molecule has 0 atom stereocenters. The third-order valence-corrected chi connectivity index (χ3v) is 5.99. The van der Waals surface area contributed by atoms with Gasteiger partial charge in [0.15, 0.2) is 0 Å². The standard InChI is InChI=1S/C28H22ClN7O/c1-18-12-14-31-19(16-18)10-11-21-26(30)33-17-34-27(21)32-15-13-24-35-23-9-5-8-22(29)25(23)28(37)36(24)20-6-3-2-4-7-20/h2-9,12,14,16-17H,13,15H2,1H3,(H3,30,32,33,34). The molecular formula is C28H22ClN7O. The number of halogens is 1. The molecule has 3 aromatic heterocycles. The van der Waals surface area contributed by atoms with E-state index in [9.17, 15) is 4.79 Å². The maximum atomic E-state index is 13.5. The number of anilines is 2. The lowest BCUT2D eigenvalue weighted by molar-refractivity contribution is 0.809. The zero-order chi connectivity index (χ0) is 25.8. The molecule has 0 amide bonds. The van der Waals surface area contributed by atoms with E-state index < -0.39 is 0 Å². The second-order valence-corrected chi connectivity index (χ2v) is 8.67. The van der Waals surface area contributed by atoms with Crippen LogP contribution in [0, 0.1) is 18.8 Å². The minimum absolute atomic E-state index is 0.222. The number of benzene rings is 2. The summed E-state index contributed by atoms with van der Waals surface area (Å²) in [4.78, 5) is 31.0. The Balaban J connectivity index is 1.47. The average Bonchev–Trinajstić information content (AvgIpc) is 2.89. The predicted octanol–water partition coefficient (Wildman–Crippen LogP) is 4.17. The topological polar surface area (TPSA) is 112 Å². The van der Waals surface area contributed by atoms with E-state index in [1.165, 1.54) is 6.33 Å². The lowest BCUT2D eigenvalue weighted by atomic mass is 10.2. The van der Waals surface area contributed by atoms with E-state index in [2.05, 4.69) is 32.1 Å². The first-order chi connectivity index (χ1) is 18.0. The molecule has 0 aliphatic rings.